The number of H-pyrrole nitrogens is 1. The fourth-order valence-corrected chi connectivity index (χ4v) is 1.62. The van der Waals surface area contributed by atoms with Gasteiger partial charge in [0, 0.05) is 5.71 Å². The lowest BCUT2D eigenvalue weighted by atomic mass is 10.1. The van der Waals surface area contributed by atoms with Crippen LogP contribution in [0.2, 0.25) is 0 Å². The molecule has 0 amide bonds. The minimum atomic E-state index is -0.264. The van der Waals surface area contributed by atoms with E-state index in [0.717, 1.165) is 18.6 Å². The Morgan fingerprint density at radius 3 is 2.75 bits per heavy atom. The van der Waals surface area contributed by atoms with E-state index in [1.165, 1.54) is 5.56 Å². The summed E-state index contributed by atoms with van der Waals surface area (Å²) in [5.74, 6) is 0.250. The molecule has 1 heterocycles. The number of aromatic nitrogens is 3. The zero-order valence-electron chi connectivity index (χ0n) is 11.6. The first-order valence-corrected chi connectivity index (χ1v) is 6.42. The first kappa shape index (κ1) is 13.9. The lowest BCUT2D eigenvalue weighted by Gasteiger charge is -2.03. The molecule has 0 radical (unpaired) electrons. The zero-order valence-corrected chi connectivity index (χ0v) is 11.6. The smallest absolute Gasteiger partial charge is 0.274 e. The van der Waals surface area contributed by atoms with Crippen molar-refractivity contribution in [2.24, 2.45) is 5.10 Å². The Kier molecular flexibility index (Phi) is 4.60. The molecule has 2 N–H and O–H groups in total. The summed E-state index contributed by atoms with van der Waals surface area (Å²) in [6, 6.07) is 10.2. The van der Waals surface area contributed by atoms with Gasteiger partial charge in [0.2, 0.25) is 5.95 Å². The number of rotatable bonds is 5. The van der Waals surface area contributed by atoms with Crippen LogP contribution in [-0.2, 0) is 6.42 Å². The van der Waals surface area contributed by atoms with Crippen molar-refractivity contribution >= 4 is 11.7 Å². The van der Waals surface area contributed by atoms with Crippen molar-refractivity contribution in [2.75, 3.05) is 5.43 Å². The van der Waals surface area contributed by atoms with Gasteiger partial charge in [0.05, 0.1) is 0 Å². The molecule has 2 aromatic rings. The van der Waals surface area contributed by atoms with E-state index in [4.69, 9.17) is 0 Å². The molecule has 6 heteroatoms. The third-order valence-corrected chi connectivity index (χ3v) is 2.83. The predicted molar refractivity (Wildman–Crippen MR) is 78.9 cm³/mol. The van der Waals surface area contributed by atoms with Gasteiger partial charge in [0.15, 0.2) is 0 Å². The normalized spacial score (nSPS) is 11.4. The van der Waals surface area contributed by atoms with Gasteiger partial charge in [-0.05, 0) is 32.3 Å². The van der Waals surface area contributed by atoms with Crippen molar-refractivity contribution in [1.82, 2.24) is 15.2 Å². The van der Waals surface area contributed by atoms with Gasteiger partial charge in [-0.15, -0.1) is 10.2 Å². The van der Waals surface area contributed by atoms with Crippen LogP contribution < -0.4 is 11.0 Å². The first-order valence-electron chi connectivity index (χ1n) is 6.42. The maximum Gasteiger partial charge on any atom is 0.274 e. The van der Waals surface area contributed by atoms with Gasteiger partial charge >= 0.3 is 0 Å². The molecule has 0 aliphatic heterocycles. The molecule has 1 aromatic heterocycles. The van der Waals surface area contributed by atoms with E-state index in [0.29, 0.717) is 5.69 Å². The maximum absolute atomic E-state index is 11.3. The average Bonchev–Trinajstić information content (AvgIpc) is 2.47. The van der Waals surface area contributed by atoms with Crippen molar-refractivity contribution in [3.8, 4) is 0 Å². The highest BCUT2D eigenvalue weighted by Gasteiger charge is 1.99. The Hall–Kier alpha value is -2.50. The topological polar surface area (TPSA) is 83.0 Å². The van der Waals surface area contributed by atoms with E-state index in [9.17, 15) is 4.79 Å². The number of nitrogens with zero attached hydrogens (tertiary/aromatic N) is 3. The number of hydrazone groups is 1. The van der Waals surface area contributed by atoms with Crippen LogP contribution >= 0.6 is 0 Å². The Labute approximate surface area is 117 Å². The first-order chi connectivity index (χ1) is 9.65. The molecule has 0 fully saturated rings. The number of hydrogen-bond acceptors (Lipinski definition) is 5. The molecule has 0 spiro atoms. The van der Waals surface area contributed by atoms with Crippen molar-refractivity contribution in [3.63, 3.8) is 0 Å². The summed E-state index contributed by atoms with van der Waals surface area (Å²) in [4.78, 5) is 13.9. The number of hydrogen-bond donors (Lipinski definition) is 2. The van der Waals surface area contributed by atoms with Gasteiger partial charge < -0.3 is 0 Å². The second-order valence-corrected chi connectivity index (χ2v) is 4.53. The summed E-state index contributed by atoms with van der Waals surface area (Å²) in [5, 5.41) is 11.7. The van der Waals surface area contributed by atoms with Crippen molar-refractivity contribution < 1.29 is 0 Å². The molecule has 0 aliphatic carbocycles. The molecule has 0 aliphatic rings. The van der Waals surface area contributed by atoms with E-state index >= 15 is 0 Å². The quantitative estimate of drug-likeness (QED) is 0.642. The van der Waals surface area contributed by atoms with Gasteiger partial charge in [0.25, 0.3) is 5.56 Å². The Balaban J connectivity index is 1.90. The van der Waals surface area contributed by atoms with E-state index in [1.807, 2.05) is 25.1 Å². The number of benzene rings is 1. The highest BCUT2D eigenvalue weighted by Crippen LogP contribution is 2.03. The van der Waals surface area contributed by atoms with E-state index in [2.05, 4.69) is 37.8 Å². The van der Waals surface area contributed by atoms with Gasteiger partial charge in [0.1, 0.15) is 5.69 Å². The second-order valence-electron chi connectivity index (χ2n) is 4.53. The summed E-state index contributed by atoms with van der Waals surface area (Å²) >= 11 is 0. The molecular formula is C14H17N5O. The molecule has 0 saturated carbocycles. The van der Waals surface area contributed by atoms with Gasteiger partial charge in [-0.25, -0.2) is 5.43 Å². The molecule has 2 rings (SSSR count). The minimum absolute atomic E-state index is 0.250. The number of aryl methyl sites for hydroxylation is 2. The van der Waals surface area contributed by atoms with Crippen LogP contribution in [-0.4, -0.2) is 20.9 Å². The van der Waals surface area contributed by atoms with Gasteiger partial charge in [-0.2, -0.15) is 5.10 Å². The van der Waals surface area contributed by atoms with Crippen LogP contribution in [0.15, 0.2) is 40.2 Å². The number of anilines is 1. The minimum Gasteiger partial charge on any atom is -0.288 e. The summed E-state index contributed by atoms with van der Waals surface area (Å²) < 4.78 is 0. The molecule has 6 nitrogen and oxygen atoms in total. The lowest BCUT2D eigenvalue weighted by Crippen LogP contribution is -2.16. The van der Waals surface area contributed by atoms with Crippen LogP contribution in [0, 0.1) is 6.92 Å². The predicted octanol–water partition coefficient (Wildman–Crippen LogP) is 1.89. The Morgan fingerprint density at radius 1 is 1.30 bits per heavy atom. The standard InChI is InChI=1S/C14H17N5O/c1-10(8-9-12-6-4-3-5-7-12)16-18-14-15-13(20)11(2)17-19-14/h3-7H,8-9H2,1-2H3,(H2,15,18,19,20)/b16-10-. The second kappa shape index (κ2) is 6.60. The van der Waals surface area contributed by atoms with Crippen molar-refractivity contribution in [1.29, 1.82) is 0 Å². The highest BCUT2D eigenvalue weighted by molar-refractivity contribution is 5.82. The maximum atomic E-state index is 11.3. The summed E-state index contributed by atoms with van der Waals surface area (Å²) in [6.45, 7) is 3.53. The Morgan fingerprint density at radius 2 is 2.05 bits per heavy atom. The number of nitrogens with one attached hydrogen (secondary N) is 2. The summed E-state index contributed by atoms with van der Waals surface area (Å²) in [6.07, 6.45) is 1.76. The summed E-state index contributed by atoms with van der Waals surface area (Å²) in [5.41, 5.74) is 4.97. The van der Waals surface area contributed by atoms with Crippen LogP contribution in [0.1, 0.15) is 24.6 Å². The fraction of sp³-hybridized carbons (Fsp3) is 0.286. The monoisotopic (exact) mass is 271 g/mol. The average molecular weight is 271 g/mol. The van der Waals surface area contributed by atoms with Gasteiger partial charge in [-0.3, -0.25) is 9.78 Å². The molecule has 20 heavy (non-hydrogen) atoms. The lowest BCUT2D eigenvalue weighted by molar-refractivity contribution is 0.895. The molecule has 0 bridgehead atoms. The number of aromatic amines is 1. The van der Waals surface area contributed by atoms with Crippen LogP contribution in [0.4, 0.5) is 5.95 Å². The molecule has 104 valence electrons. The molecular weight excluding hydrogens is 254 g/mol. The van der Waals surface area contributed by atoms with Crippen LogP contribution in [0.3, 0.4) is 0 Å². The van der Waals surface area contributed by atoms with Crippen molar-refractivity contribution in [2.45, 2.75) is 26.7 Å². The van der Waals surface area contributed by atoms with Crippen molar-refractivity contribution in [3.05, 3.63) is 51.9 Å². The van der Waals surface area contributed by atoms with E-state index in [1.54, 1.807) is 6.92 Å². The molecule has 1 aromatic carbocycles. The molecule has 0 saturated heterocycles. The molecule has 0 unspecified atom stereocenters. The van der Waals surface area contributed by atoms with Gasteiger partial charge in [-0.1, -0.05) is 30.3 Å². The summed E-state index contributed by atoms with van der Waals surface area (Å²) in [7, 11) is 0. The van der Waals surface area contributed by atoms with Crippen LogP contribution in [0.5, 0.6) is 0 Å². The Bertz CT molecular complexity index is 648. The SMILES string of the molecule is C/C(CCc1ccccc1)=N/Nc1nnc(C)c(=O)[nH]1. The fourth-order valence-electron chi connectivity index (χ4n) is 1.62. The third-order valence-electron chi connectivity index (χ3n) is 2.83. The largest absolute Gasteiger partial charge is 0.288 e. The van der Waals surface area contributed by atoms with Crippen LogP contribution in [0.25, 0.3) is 0 Å². The third kappa shape index (κ3) is 4.01. The van der Waals surface area contributed by atoms with E-state index in [-0.39, 0.29) is 11.5 Å². The van der Waals surface area contributed by atoms with E-state index < -0.39 is 0 Å². The zero-order chi connectivity index (χ0) is 14.4. The highest BCUT2D eigenvalue weighted by atomic mass is 16.1. The molecule has 0 atom stereocenters.